The van der Waals surface area contributed by atoms with Gasteiger partial charge in [0.05, 0.1) is 16.6 Å². The van der Waals surface area contributed by atoms with Crippen molar-refractivity contribution in [1.29, 1.82) is 0 Å². The van der Waals surface area contributed by atoms with Gasteiger partial charge in [-0.2, -0.15) is 4.98 Å². The van der Waals surface area contributed by atoms with Crippen LogP contribution < -0.4 is 16.2 Å². The second-order valence-corrected chi connectivity index (χ2v) is 6.83. The van der Waals surface area contributed by atoms with Gasteiger partial charge in [-0.25, -0.2) is 4.79 Å². The molecule has 0 radical (unpaired) electrons. The first-order valence-electron chi connectivity index (χ1n) is 7.75. The largest absolute Gasteiger partial charge is 0.478 e. The predicted octanol–water partition coefficient (Wildman–Crippen LogP) is 3.22. The van der Waals surface area contributed by atoms with E-state index in [1.165, 1.54) is 12.3 Å². The molecule has 0 bridgehead atoms. The Morgan fingerprint density at radius 1 is 1.35 bits per heavy atom. The molecule has 0 aliphatic rings. The molecule has 0 amide bonds. The van der Waals surface area contributed by atoms with Crippen LogP contribution in [0.25, 0.3) is 16.6 Å². The number of rotatable bonds is 5. The lowest BCUT2D eigenvalue weighted by atomic mass is 10.1. The standard InChI is InChI=1S/C18H17IN4O3/c1-9-2-3-11(4-12(9)17(24)25)26-18-22-15-5-13(10(7-20)8-21)14(19)6-16(15)23-18/h2-7H,8,20-21H2,1H3,(H,22,23)(H,24,25)/b10-7+. The van der Waals surface area contributed by atoms with Crippen LogP contribution in [0.4, 0.5) is 0 Å². The number of aromatic nitrogens is 2. The van der Waals surface area contributed by atoms with Crippen LogP contribution in [-0.4, -0.2) is 27.6 Å². The van der Waals surface area contributed by atoms with Crippen molar-refractivity contribution in [1.82, 2.24) is 9.97 Å². The SMILES string of the molecule is Cc1ccc(Oc2nc3cc(/C(=C/N)CN)c(I)cc3[nH]2)cc1C(=O)O. The van der Waals surface area contributed by atoms with E-state index in [1.54, 1.807) is 19.1 Å². The quantitative estimate of drug-likeness (QED) is 0.430. The van der Waals surface area contributed by atoms with Crippen LogP contribution in [0.2, 0.25) is 0 Å². The molecule has 3 aromatic rings. The monoisotopic (exact) mass is 464 g/mol. The van der Waals surface area contributed by atoms with Crippen LogP contribution in [-0.2, 0) is 0 Å². The Labute approximate surface area is 163 Å². The Morgan fingerprint density at radius 2 is 2.12 bits per heavy atom. The molecule has 0 aliphatic heterocycles. The summed E-state index contributed by atoms with van der Waals surface area (Å²) in [7, 11) is 0. The van der Waals surface area contributed by atoms with E-state index in [9.17, 15) is 9.90 Å². The van der Waals surface area contributed by atoms with Gasteiger partial charge in [0, 0.05) is 10.1 Å². The Balaban J connectivity index is 1.97. The normalized spacial score (nSPS) is 11.7. The molecule has 3 rings (SSSR count). The third kappa shape index (κ3) is 3.51. The summed E-state index contributed by atoms with van der Waals surface area (Å²) in [6, 6.07) is 8.98. The summed E-state index contributed by atoms with van der Waals surface area (Å²) in [6.45, 7) is 2.06. The average molecular weight is 464 g/mol. The van der Waals surface area contributed by atoms with E-state index in [0.29, 0.717) is 23.4 Å². The highest BCUT2D eigenvalue weighted by atomic mass is 127. The Bertz CT molecular complexity index is 1030. The zero-order valence-corrected chi connectivity index (χ0v) is 16.1. The van der Waals surface area contributed by atoms with Crippen LogP contribution in [0.3, 0.4) is 0 Å². The first-order chi connectivity index (χ1) is 12.4. The molecule has 8 heteroatoms. The number of nitrogens with zero attached hydrogens (tertiary/aromatic N) is 1. The van der Waals surface area contributed by atoms with Crippen molar-refractivity contribution >= 4 is 45.2 Å². The molecule has 26 heavy (non-hydrogen) atoms. The molecule has 7 nitrogen and oxygen atoms in total. The number of hydrogen-bond acceptors (Lipinski definition) is 5. The average Bonchev–Trinajstić information content (AvgIpc) is 2.98. The number of aromatic carboxylic acids is 1. The lowest BCUT2D eigenvalue weighted by Crippen LogP contribution is -2.05. The molecule has 0 fully saturated rings. The van der Waals surface area contributed by atoms with Crippen molar-refractivity contribution in [2.75, 3.05) is 6.54 Å². The number of imidazole rings is 1. The number of benzene rings is 2. The van der Waals surface area contributed by atoms with Gasteiger partial charge in [0.15, 0.2) is 0 Å². The number of nitrogens with one attached hydrogen (secondary N) is 1. The number of halogens is 1. The smallest absolute Gasteiger partial charge is 0.336 e. The van der Waals surface area contributed by atoms with Crippen molar-refractivity contribution < 1.29 is 14.6 Å². The Kier molecular flexibility index (Phi) is 5.14. The lowest BCUT2D eigenvalue weighted by Gasteiger charge is -2.06. The maximum Gasteiger partial charge on any atom is 0.336 e. The van der Waals surface area contributed by atoms with E-state index in [4.69, 9.17) is 16.2 Å². The molecule has 0 unspecified atom stereocenters. The Hall–Kier alpha value is -2.59. The fourth-order valence-corrected chi connectivity index (χ4v) is 3.39. The van der Waals surface area contributed by atoms with Gasteiger partial charge in [0.25, 0.3) is 6.01 Å². The molecule has 0 atom stereocenters. The molecule has 2 aromatic carbocycles. The number of ether oxygens (including phenoxy) is 1. The third-order valence-electron chi connectivity index (χ3n) is 3.97. The minimum atomic E-state index is -1.00. The van der Waals surface area contributed by atoms with Gasteiger partial charge in [-0.15, -0.1) is 0 Å². The predicted molar refractivity (Wildman–Crippen MR) is 108 cm³/mol. The van der Waals surface area contributed by atoms with Crippen LogP contribution >= 0.6 is 22.6 Å². The fourth-order valence-electron chi connectivity index (χ4n) is 2.58. The molecule has 0 saturated carbocycles. The molecule has 1 heterocycles. The zero-order chi connectivity index (χ0) is 18.8. The van der Waals surface area contributed by atoms with E-state index in [0.717, 1.165) is 20.2 Å². The summed E-state index contributed by atoms with van der Waals surface area (Å²) in [5, 5.41) is 9.22. The highest BCUT2D eigenvalue weighted by molar-refractivity contribution is 14.1. The number of carboxylic acids is 1. The van der Waals surface area contributed by atoms with Crippen LogP contribution in [0.5, 0.6) is 11.8 Å². The number of carboxylic acid groups (broad SMARTS) is 1. The minimum Gasteiger partial charge on any atom is -0.478 e. The van der Waals surface area contributed by atoms with Crippen LogP contribution in [0, 0.1) is 10.5 Å². The first-order valence-corrected chi connectivity index (χ1v) is 8.83. The van der Waals surface area contributed by atoms with Gasteiger partial charge in [0.1, 0.15) is 5.75 Å². The number of fused-ring (bicyclic) bond motifs is 1. The van der Waals surface area contributed by atoms with Gasteiger partial charge in [-0.3, -0.25) is 0 Å². The number of nitrogens with two attached hydrogens (primary N) is 2. The second kappa shape index (κ2) is 7.34. The maximum atomic E-state index is 11.3. The summed E-state index contributed by atoms with van der Waals surface area (Å²) in [6.07, 6.45) is 1.49. The summed E-state index contributed by atoms with van der Waals surface area (Å²) in [5.74, 6) is -0.605. The van der Waals surface area contributed by atoms with E-state index < -0.39 is 5.97 Å². The molecule has 0 aliphatic carbocycles. The van der Waals surface area contributed by atoms with Gasteiger partial charge < -0.3 is 26.3 Å². The van der Waals surface area contributed by atoms with Crippen molar-refractivity contribution in [3.8, 4) is 11.8 Å². The molecule has 1 aromatic heterocycles. The maximum absolute atomic E-state index is 11.3. The number of carbonyl (C=O) groups is 1. The van der Waals surface area contributed by atoms with Gasteiger partial charge in [-0.05, 0) is 76.7 Å². The highest BCUT2D eigenvalue weighted by Gasteiger charge is 2.13. The number of aromatic amines is 1. The van der Waals surface area contributed by atoms with E-state index in [1.807, 2.05) is 12.1 Å². The molecule has 0 saturated heterocycles. The fraction of sp³-hybridized carbons (Fsp3) is 0.111. The summed E-state index contributed by atoms with van der Waals surface area (Å²) < 4.78 is 6.69. The molecule has 0 spiro atoms. The van der Waals surface area contributed by atoms with E-state index >= 15 is 0 Å². The highest BCUT2D eigenvalue weighted by Crippen LogP contribution is 2.28. The second-order valence-electron chi connectivity index (χ2n) is 5.67. The Morgan fingerprint density at radius 3 is 2.77 bits per heavy atom. The zero-order valence-electron chi connectivity index (χ0n) is 13.9. The number of aryl methyl sites for hydroxylation is 1. The van der Waals surface area contributed by atoms with Gasteiger partial charge in [0.2, 0.25) is 0 Å². The topological polar surface area (TPSA) is 127 Å². The van der Waals surface area contributed by atoms with E-state index in [2.05, 4.69) is 32.6 Å². The third-order valence-corrected chi connectivity index (χ3v) is 4.86. The minimum absolute atomic E-state index is 0.191. The van der Waals surface area contributed by atoms with E-state index in [-0.39, 0.29) is 11.6 Å². The summed E-state index contributed by atoms with van der Waals surface area (Å²) in [5.41, 5.74) is 15.5. The molecular formula is C18H17IN4O3. The summed E-state index contributed by atoms with van der Waals surface area (Å²) in [4.78, 5) is 18.8. The molecule has 134 valence electrons. The van der Waals surface area contributed by atoms with Crippen molar-refractivity contribution in [3.63, 3.8) is 0 Å². The number of hydrogen-bond donors (Lipinski definition) is 4. The van der Waals surface area contributed by atoms with Gasteiger partial charge >= 0.3 is 5.97 Å². The van der Waals surface area contributed by atoms with Crippen molar-refractivity contribution in [2.24, 2.45) is 11.5 Å². The molecule has 6 N–H and O–H groups in total. The van der Waals surface area contributed by atoms with Gasteiger partial charge in [-0.1, -0.05) is 6.07 Å². The first kappa shape index (κ1) is 18.2. The van der Waals surface area contributed by atoms with Crippen molar-refractivity contribution in [3.05, 3.63) is 56.8 Å². The lowest BCUT2D eigenvalue weighted by molar-refractivity contribution is 0.0695. The number of H-pyrrole nitrogens is 1. The molecular weight excluding hydrogens is 447 g/mol. The summed E-state index contributed by atoms with van der Waals surface area (Å²) >= 11 is 2.21. The van der Waals surface area contributed by atoms with Crippen LogP contribution in [0.15, 0.2) is 36.5 Å². The van der Waals surface area contributed by atoms with Crippen molar-refractivity contribution in [2.45, 2.75) is 6.92 Å². The van der Waals surface area contributed by atoms with Crippen LogP contribution in [0.1, 0.15) is 21.5 Å².